The van der Waals surface area contributed by atoms with Crippen molar-refractivity contribution in [3.05, 3.63) is 28.7 Å². The molecule has 0 unspecified atom stereocenters. The molecule has 0 saturated carbocycles. The highest BCUT2D eigenvalue weighted by atomic mass is 79.9. The molecule has 0 amide bonds. The lowest BCUT2D eigenvalue weighted by Crippen LogP contribution is -3.15. The molecular formula is C16H24BrN2O3S+. The van der Waals surface area contributed by atoms with Crippen molar-refractivity contribution in [2.75, 3.05) is 39.3 Å². The lowest BCUT2D eigenvalue weighted by Gasteiger charge is -2.34. The monoisotopic (exact) mass is 403 g/mol. The number of hydrogen-bond acceptors (Lipinski definition) is 3. The normalized spacial score (nSPS) is 24.7. The molecule has 1 aromatic carbocycles. The molecule has 5 nitrogen and oxygen atoms in total. The van der Waals surface area contributed by atoms with Crippen LogP contribution in [0.25, 0.3) is 0 Å². The minimum absolute atomic E-state index is 0.354. The third-order valence-electron chi connectivity index (χ3n) is 4.65. The maximum absolute atomic E-state index is 12.7. The largest absolute Gasteiger partial charge is 0.372 e. The number of sulfonamides is 1. The standard InChI is InChI=1S/C16H23BrN2O3S/c17-14-4-3-6-16(12-14)23(20,21)19-9-7-18(8-10-19)13-15-5-1-2-11-22-15/h3-4,6,12,15H,1-2,5,7-11,13H2/p+1/t15-/m0/s1. The van der Waals surface area contributed by atoms with Crippen molar-refractivity contribution >= 4 is 26.0 Å². The van der Waals surface area contributed by atoms with Crippen molar-refractivity contribution in [2.24, 2.45) is 0 Å². The summed E-state index contributed by atoms with van der Waals surface area (Å²) in [6.07, 6.45) is 3.92. The smallest absolute Gasteiger partial charge is 0.243 e. The molecule has 1 atom stereocenters. The quantitative estimate of drug-likeness (QED) is 0.812. The second kappa shape index (κ2) is 7.61. The number of nitrogens with zero attached hydrogens (tertiary/aromatic N) is 1. The van der Waals surface area contributed by atoms with Gasteiger partial charge in [-0.25, -0.2) is 8.42 Å². The van der Waals surface area contributed by atoms with Crippen LogP contribution >= 0.6 is 15.9 Å². The van der Waals surface area contributed by atoms with E-state index in [1.807, 2.05) is 6.07 Å². The Hall–Kier alpha value is -0.470. The SMILES string of the molecule is O=S(=O)(c1cccc(Br)c1)N1CC[NH+](C[C@@H]2CCCCO2)CC1. The molecular weight excluding hydrogens is 380 g/mol. The fourth-order valence-corrected chi connectivity index (χ4v) is 5.35. The summed E-state index contributed by atoms with van der Waals surface area (Å²) in [7, 11) is -3.38. The molecule has 23 heavy (non-hydrogen) atoms. The van der Waals surface area contributed by atoms with Crippen molar-refractivity contribution in [3.63, 3.8) is 0 Å². The van der Waals surface area contributed by atoms with Gasteiger partial charge in [0.05, 0.1) is 31.1 Å². The van der Waals surface area contributed by atoms with Gasteiger partial charge in [0.1, 0.15) is 12.6 Å². The average Bonchev–Trinajstić information content (AvgIpc) is 2.56. The van der Waals surface area contributed by atoms with E-state index in [-0.39, 0.29) is 0 Å². The molecule has 0 aliphatic carbocycles. The van der Waals surface area contributed by atoms with Crippen molar-refractivity contribution in [2.45, 2.75) is 30.3 Å². The van der Waals surface area contributed by atoms with E-state index >= 15 is 0 Å². The highest BCUT2D eigenvalue weighted by Gasteiger charge is 2.31. The van der Waals surface area contributed by atoms with E-state index in [0.717, 1.165) is 37.1 Å². The van der Waals surface area contributed by atoms with E-state index in [2.05, 4.69) is 15.9 Å². The fraction of sp³-hybridized carbons (Fsp3) is 0.625. The van der Waals surface area contributed by atoms with Gasteiger partial charge in [-0.05, 0) is 37.5 Å². The summed E-state index contributed by atoms with van der Waals surface area (Å²) in [4.78, 5) is 1.82. The fourth-order valence-electron chi connectivity index (χ4n) is 3.31. The number of hydrogen-bond donors (Lipinski definition) is 1. The average molecular weight is 404 g/mol. The number of ether oxygens (including phenoxy) is 1. The van der Waals surface area contributed by atoms with Crippen molar-refractivity contribution in [3.8, 4) is 0 Å². The van der Waals surface area contributed by atoms with Crippen molar-refractivity contribution < 1.29 is 18.1 Å². The molecule has 2 fully saturated rings. The number of quaternary nitrogens is 1. The molecule has 3 rings (SSSR count). The molecule has 0 bridgehead atoms. The van der Waals surface area contributed by atoms with Crippen molar-refractivity contribution in [1.82, 2.24) is 4.31 Å². The molecule has 128 valence electrons. The van der Waals surface area contributed by atoms with Crippen LogP contribution in [0.5, 0.6) is 0 Å². The summed E-state index contributed by atoms with van der Waals surface area (Å²) in [5.74, 6) is 0. The van der Waals surface area contributed by atoms with Gasteiger partial charge in [-0.15, -0.1) is 0 Å². The molecule has 0 radical (unpaired) electrons. The molecule has 2 aliphatic rings. The first-order valence-corrected chi connectivity index (χ1v) is 10.5. The molecule has 0 spiro atoms. The van der Waals surface area contributed by atoms with Crippen LogP contribution in [-0.2, 0) is 14.8 Å². The van der Waals surface area contributed by atoms with Gasteiger partial charge in [0.25, 0.3) is 0 Å². The van der Waals surface area contributed by atoms with Gasteiger partial charge < -0.3 is 9.64 Å². The number of halogens is 1. The Morgan fingerprint density at radius 1 is 1.26 bits per heavy atom. The van der Waals surface area contributed by atoms with Crippen LogP contribution in [0.4, 0.5) is 0 Å². The molecule has 2 heterocycles. The van der Waals surface area contributed by atoms with Crippen LogP contribution in [0.2, 0.25) is 0 Å². The molecule has 1 N–H and O–H groups in total. The van der Waals surface area contributed by atoms with Crippen LogP contribution < -0.4 is 4.90 Å². The Morgan fingerprint density at radius 3 is 2.70 bits per heavy atom. The summed E-state index contributed by atoms with van der Waals surface area (Å²) < 4.78 is 33.6. The zero-order chi connectivity index (χ0) is 16.3. The van der Waals surface area contributed by atoms with E-state index in [4.69, 9.17) is 4.74 Å². The second-order valence-electron chi connectivity index (χ2n) is 6.30. The highest BCUT2D eigenvalue weighted by Crippen LogP contribution is 2.20. The molecule has 7 heteroatoms. The van der Waals surface area contributed by atoms with Crippen LogP contribution in [0.15, 0.2) is 33.6 Å². The van der Waals surface area contributed by atoms with Crippen LogP contribution in [0.3, 0.4) is 0 Å². The van der Waals surface area contributed by atoms with Crippen LogP contribution in [0.1, 0.15) is 19.3 Å². The van der Waals surface area contributed by atoms with E-state index in [1.54, 1.807) is 22.5 Å². The second-order valence-corrected chi connectivity index (χ2v) is 9.16. The van der Waals surface area contributed by atoms with Gasteiger partial charge in [0.2, 0.25) is 10.0 Å². The molecule has 2 aliphatic heterocycles. The number of nitrogens with one attached hydrogen (secondary N) is 1. The van der Waals surface area contributed by atoms with Gasteiger partial charge in [-0.1, -0.05) is 22.0 Å². The summed E-state index contributed by atoms with van der Waals surface area (Å²) >= 11 is 3.34. The maximum atomic E-state index is 12.7. The predicted octanol–water partition coefficient (Wildman–Crippen LogP) is 0.907. The third-order valence-corrected chi connectivity index (χ3v) is 7.04. The topological polar surface area (TPSA) is 51.0 Å². The minimum atomic E-state index is -3.38. The Balaban J connectivity index is 1.57. The van der Waals surface area contributed by atoms with E-state index in [1.165, 1.54) is 17.7 Å². The first-order chi connectivity index (χ1) is 11.1. The summed E-state index contributed by atoms with van der Waals surface area (Å²) in [5, 5.41) is 0. The summed E-state index contributed by atoms with van der Waals surface area (Å²) in [6.45, 7) is 4.75. The number of benzene rings is 1. The Bertz CT molecular complexity index is 624. The molecule has 1 aromatic rings. The van der Waals surface area contributed by atoms with Crippen LogP contribution in [-0.4, -0.2) is 58.2 Å². The lowest BCUT2D eigenvalue weighted by atomic mass is 10.1. The van der Waals surface area contributed by atoms with Gasteiger partial charge in [-0.2, -0.15) is 4.31 Å². The zero-order valence-electron chi connectivity index (χ0n) is 13.2. The first kappa shape index (κ1) is 17.4. The predicted molar refractivity (Wildman–Crippen MR) is 92.1 cm³/mol. The number of piperazine rings is 1. The lowest BCUT2D eigenvalue weighted by molar-refractivity contribution is -0.907. The maximum Gasteiger partial charge on any atom is 0.243 e. The Labute approximate surface area is 146 Å². The van der Waals surface area contributed by atoms with Gasteiger partial charge >= 0.3 is 0 Å². The molecule has 0 aromatic heterocycles. The summed E-state index contributed by atoms with van der Waals surface area (Å²) in [6, 6.07) is 6.93. The Kier molecular flexibility index (Phi) is 5.74. The highest BCUT2D eigenvalue weighted by molar-refractivity contribution is 9.10. The van der Waals surface area contributed by atoms with Crippen molar-refractivity contribution in [1.29, 1.82) is 0 Å². The zero-order valence-corrected chi connectivity index (χ0v) is 15.6. The summed E-state index contributed by atoms with van der Waals surface area (Å²) in [5.41, 5.74) is 0. The minimum Gasteiger partial charge on any atom is -0.372 e. The van der Waals surface area contributed by atoms with E-state index < -0.39 is 10.0 Å². The van der Waals surface area contributed by atoms with E-state index in [0.29, 0.717) is 24.1 Å². The first-order valence-electron chi connectivity index (χ1n) is 8.26. The third kappa shape index (κ3) is 4.33. The van der Waals surface area contributed by atoms with Gasteiger partial charge in [0.15, 0.2) is 0 Å². The van der Waals surface area contributed by atoms with Gasteiger partial charge in [0, 0.05) is 11.1 Å². The Morgan fingerprint density at radius 2 is 2.04 bits per heavy atom. The van der Waals surface area contributed by atoms with Gasteiger partial charge in [-0.3, -0.25) is 0 Å². The van der Waals surface area contributed by atoms with Crippen LogP contribution in [0, 0.1) is 0 Å². The van der Waals surface area contributed by atoms with E-state index in [9.17, 15) is 8.42 Å². The molecule has 2 saturated heterocycles. The number of rotatable bonds is 4.